The molecule has 3 rings (SSSR count). The smallest absolute Gasteiger partial charge is 0.272 e. The van der Waals surface area contributed by atoms with E-state index in [0.717, 1.165) is 31.5 Å². The first kappa shape index (κ1) is 17.1. The van der Waals surface area contributed by atoms with Gasteiger partial charge in [-0.05, 0) is 49.1 Å². The Morgan fingerprint density at radius 3 is 2.56 bits per heavy atom. The van der Waals surface area contributed by atoms with E-state index in [1.165, 1.54) is 24.4 Å². The maximum atomic E-state index is 12.9. The van der Waals surface area contributed by atoms with Crippen molar-refractivity contribution in [1.29, 1.82) is 0 Å². The molecule has 1 fully saturated rings. The van der Waals surface area contributed by atoms with Crippen molar-refractivity contribution in [2.75, 3.05) is 19.6 Å². The zero-order chi connectivity index (χ0) is 17.6. The molecule has 2 aromatic rings. The summed E-state index contributed by atoms with van der Waals surface area (Å²) in [6.07, 6.45) is 4.11. The first-order valence-electron chi connectivity index (χ1n) is 8.41. The first-order chi connectivity index (χ1) is 12.1. The molecule has 2 amide bonds. The van der Waals surface area contributed by atoms with Gasteiger partial charge in [0, 0.05) is 31.4 Å². The number of rotatable bonds is 5. The summed E-state index contributed by atoms with van der Waals surface area (Å²) in [6, 6.07) is 9.32. The Balaban J connectivity index is 1.57. The summed E-state index contributed by atoms with van der Waals surface area (Å²) < 4.78 is 12.9. The van der Waals surface area contributed by atoms with Crippen LogP contribution >= 0.6 is 0 Å². The Morgan fingerprint density at radius 1 is 1.12 bits per heavy atom. The third-order valence-corrected chi connectivity index (χ3v) is 4.25. The lowest BCUT2D eigenvalue weighted by molar-refractivity contribution is 0.0787. The van der Waals surface area contributed by atoms with Gasteiger partial charge in [0.2, 0.25) is 0 Å². The Morgan fingerprint density at radius 2 is 1.84 bits per heavy atom. The topological polar surface area (TPSA) is 62.3 Å². The molecule has 0 saturated carbocycles. The summed E-state index contributed by atoms with van der Waals surface area (Å²) in [5.41, 5.74) is 1.66. The van der Waals surface area contributed by atoms with E-state index in [2.05, 4.69) is 10.3 Å². The second kappa shape index (κ2) is 7.88. The van der Waals surface area contributed by atoms with Crippen LogP contribution in [-0.2, 0) is 6.42 Å². The molecule has 25 heavy (non-hydrogen) atoms. The third-order valence-electron chi connectivity index (χ3n) is 4.25. The summed E-state index contributed by atoms with van der Waals surface area (Å²) in [6.45, 7) is 1.92. The number of amides is 2. The molecular formula is C19H20FN3O2. The van der Waals surface area contributed by atoms with Crippen LogP contribution < -0.4 is 5.32 Å². The lowest BCUT2D eigenvalue weighted by atomic mass is 10.1. The van der Waals surface area contributed by atoms with E-state index in [0.29, 0.717) is 24.2 Å². The molecule has 0 spiro atoms. The predicted octanol–water partition coefficient (Wildman–Crippen LogP) is 2.43. The molecular weight excluding hydrogens is 321 g/mol. The number of likely N-dealkylation sites (tertiary alicyclic amines) is 1. The highest BCUT2D eigenvalue weighted by Gasteiger charge is 2.21. The zero-order valence-corrected chi connectivity index (χ0v) is 13.9. The average molecular weight is 341 g/mol. The number of carbonyl (C=O) groups is 2. The van der Waals surface area contributed by atoms with Gasteiger partial charge >= 0.3 is 0 Å². The van der Waals surface area contributed by atoms with Crippen molar-refractivity contribution < 1.29 is 14.0 Å². The number of nitrogens with one attached hydrogen (secondary N) is 1. The first-order valence-corrected chi connectivity index (χ1v) is 8.41. The van der Waals surface area contributed by atoms with E-state index in [9.17, 15) is 14.0 Å². The van der Waals surface area contributed by atoms with Crippen LogP contribution in [0.4, 0.5) is 4.39 Å². The highest BCUT2D eigenvalue weighted by Crippen LogP contribution is 2.12. The molecule has 130 valence electrons. The van der Waals surface area contributed by atoms with E-state index >= 15 is 0 Å². The molecule has 1 aliphatic rings. The number of hydrogen-bond donors (Lipinski definition) is 1. The maximum Gasteiger partial charge on any atom is 0.272 e. The van der Waals surface area contributed by atoms with E-state index < -0.39 is 0 Å². The molecule has 1 aliphatic heterocycles. The van der Waals surface area contributed by atoms with E-state index in [4.69, 9.17) is 0 Å². The van der Waals surface area contributed by atoms with Crippen LogP contribution in [-0.4, -0.2) is 41.3 Å². The highest BCUT2D eigenvalue weighted by molar-refractivity contribution is 5.98. The third kappa shape index (κ3) is 4.41. The van der Waals surface area contributed by atoms with Crippen LogP contribution in [0, 0.1) is 5.82 Å². The van der Waals surface area contributed by atoms with Crippen molar-refractivity contribution in [3.8, 4) is 0 Å². The normalized spacial score (nSPS) is 13.7. The Kier molecular flexibility index (Phi) is 5.38. The number of carbonyl (C=O) groups excluding carboxylic acids is 2. The predicted molar refractivity (Wildman–Crippen MR) is 91.8 cm³/mol. The van der Waals surface area contributed by atoms with Crippen LogP contribution in [0.2, 0.25) is 0 Å². The lowest BCUT2D eigenvalue weighted by Crippen LogP contribution is -2.29. The molecule has 0 bridgehead atoms. The van der Waals surface area contributed by atoms with Gasteiger partial charge in [0.25, 0.3) is 11.8 Å². The van der Waals surface area contributed by atoms with Crippen LogP contribution in [0.3, 0.4) is 0 Å². The van der Waals surface area contributed by atoms with Gasteiger partial charge in [-0.25, -0.2) is 4.39 Å². The molecule has 6 heteroatoms. The Bertz CT molecular complexity index is 756. The molecule has 1 saturated heterocycles. The van der Waals surface area contributed by atoms with Crippen LogP contribution in [0.25, 0.3) is 0 Å². The van der Waals surface area contributed by atoms with Crippen LogP contribution in [0.5, 0.6) is 0 Å². The second-order valence-electron chi connectivity index (χ2n) is 6.06. The molecule has 0 radical (unpaired) electrons. The minimum Gasteiger partial charge on any atom is -0.352 e. The fraction of sp³-hybridized carbons (Fsp3) is 0.316. The van der Waals surface area contributed by atoms with Crippen molar-refractivity contribution in [1.82, 2.24) is 15.2 Å². The molecule has 1 aromatic carbocycles. The van der Waals surface area contributed by atoms with Crippen LogP contribution in [0.15, 0.2) is 42.6 Å². The van der Waals surface area contributed by atoms with Crippen molar-refractivity contribution in [3.63, 3.8) is 0 Å². The molecule has 1 N–H and O–H groups in total. The summed E-state index contributed by atoms with van der Waals surface area (Å²) in [7, 11) is 0. The Hall–Kier alpha value is -2.76. The molecule has 1 aromatic heterocycles. The van der Waals surface area contributed by atoms with E-state index in [1.54, 1.807) is 23.1 Å². The molecule has 5 nitrogen and oxygen atoms in total. The maximum absolute atomic E-state index is 12.9. The van der Waals surface area contributed by atoms with Gasteiger partial charge in [-0.3, -0.25) is 14.6 Å². The zero-order valence-electron chi connectivity index (χ0n) is 13.9. The minimum atomic E-state index is -0.278. The number of pyridine rings is 1. The van der Waals surface area contributed by atoms with E-state index in [-0.39, 0.29) is 17.6 Å². The van der Waals surface area contributed by atoms with Crippen molar-refractivity contribution in [3.05, 3.63) is 65.2 Å². The van der Waals surface area contributed by atoms with Gasteiger partial charge in [-0.2, -0.15) is 0 Å². The van der Waals surface area contributed by atoms with Gasteiger partial charge in [-0.1, -0.05) is 12.1 Å². The van der Waals surface area contributed by atoms with Gasteiger partial charge in [-0.15, -0.1) is 0 Å². The number of aromatic nitrogens is 1. The van der Waals surface area contributed by atoms with Gasteiger partial charge < -0.3 is 10.2 Å². The van der Waals surface area contributed by atoms with Crippen molar-refractivity contribution >= 4 is 11.8 Å². The largest absolute Gasteiger partial charge is 0.352 e. The summed E-state index contributed by atoms with van der Waals surface area (Å²) in [4.78, 5) is 30.5. The number of halogens is 1. The molecule has 2 heterocycles. The fourth-order valence-electron chi connectivity index (χ4n) is 2.84. The second-order valence-corrected chi connectivity index (χ2v) is 6.06. The Labute approximate surface area is 145 Å². The highest BCUT2D eigenvalue weighted by atomic mass is 19.1. The SMILES string of the molecule is O=C(NCCc1ccc(F)cc1)c1ccnc(C(=O)N2CCCC2)c1. The average Bonchev–Trinajstić information content (AvgIpc) is 3.17. The quantitative estimate of drug-likeness (QED) is 0.908. The molecule has 0 atom stereocenters. The standard InChI is InChI=1S/C19H20FN3O2/c20-16-5-3-14(4-6-16)7-9-22-18(24)15-8-10-21-17(13-15)19(25)23-11-1-2-12-23/h3-6,8,10,13H,1-2,7,9,11-12H2,(H,22,24). The van der Waals surface area contributed by atoms with E-state index in [1.807, 2.05) is 0 Å². The monoisotopic (exact) mass is 341 g/mol. The minimum absolute atomic E-state index is 0.126. The summed E-state index contributed by atoms with van der Waals surface area (Å²) in [5.74, 6) is -0.654. The lowest BCUT2D eigenvalue weighted by Gasteiger charge is -2.14. The van der Waals surface area contributed by atoms with Crippen molar-refractivity contribution in [2.45, 2.75) is 19.3 Å². The van der Waals surface area contributed by atoms with Gasteiger partial charge in [0.15, 0.2) is 0 Å². The summed E-state index contributed by atoms with van der Waals surface area (Å²) >= 11 is 0. The molecule has 0 unspecified atom stereocenters. The number of nitrogens with zero attached hydrogens (tertiary/aromatic N) is 2. The van der Waals surface area contributed by atoms with Gasteiger partial charge in [0.05, 0.1) is 0 Å². The summed E-state index contributed by atoms with van der Waals surface area (Å²) in [5, 5.41) is 2.81. The number of benzene rings is 1. The van der Waals surface area contributed by atoms with Crippen LogP contribution in [0.1, 0.15) is 39.3 Å². The van der Waals surface area contributed by atoms with Gasteiger partial charge in [0.1, 0.15) is 11.5 Å². The number of hydrogen-bond acceptors (Lipinski definition) is 3. The fourth-order valence-corrected chi connectivity index (χ4v) is 2.84. The molecule has 0 aliphatic carbocycles. The van der Waals surface area contributed by atoms with Crippen molar-refractivity contribution in [2.24, 2.45) is 0 Å².